The van der Waals surface area contributed by atoms with Gasteiger partial charge in [-0.15, -0.1) is 23.2 Å². The summed E-state index contributed by atoms with van der Waals surface area (Å²) in [6, 6.07) is 0. The molecule has 9 heteroatoms. The van der Waals surface area contributed by atoms with Crippen LogP contribution in [0.1, 0.15) is 28.2 Å². The molecule has 29 heavy (non-hydrogen) atoms. The van der Waals surface area contributed by atoms with Gasteiger partial charge >= 0.3 is 0 Å². The summed E-state index contributed by atoms with van der Waals surface area (Å²) in [5, 5.41) is 27.6. The smallest absolute Gasteiger partial charge is 0.192 e. The van der Waals surface area contributed by atoms with Crippen molar-refractivity contribution in [3.05, 3.63) is 24.3 Å². The highest BCUT2D eigenvalue weighted by Crippen LogP contribution is 2.36. The molecule has 2 rings (SSSR count). The van der Waals surface area contributed by atoms with Gasteiger partial charge in [0.1, 0.15) is 24.4 Å². The lowest BCUT2D eigenvalue weighted by molar-refractivity contribution is -0.0441. The standard InChI is InChI=1S/C12H24O3Si.C6H10O3.CH2Cl2.CH4/c1-12(2,3)16(4,5)15-9-11-10(13)7-6-8-14-11;7-4-6-5(8)2-1-3-9-6;2-1-3;/h6-7,10-11,13H,8-9H2,1-5H3;1-2,5-8H,3-4H2;1H2;1H4/t10-,11+;5-,6+;;/m11../s1. The van der Waals surface area contributed by atoms with E-state index in [0.29, 0.717) is 19.8 Å². The Bertz CT molecular complexity index is 468. The van der Waals surface area contributed by atoms with E-state index in [1.165, 1.54) is 0 Å². The van der Waals surface area contributed by atoms with Crippen LogP contribution in [0.15, 0.2) is 24.3 Å². The summed E-state index contributed by atoms with van der Waals surface area (Å²) in [6.07, 6.45) is 5.19. The predicted molar refractivity (Wildman–Crippen MR) is 123 cm³/mol. The topological polar surface area (TPSA) is 88.4 Å². The molecule has 0 saturated carbocycles. The number of aliphatic hydroxyl groups is 3. The Balaban J connectivity index is 0. The Morgan fingerprint density at radius 1 is 1.00 bits per heavy atom. The number of rotatable bonds is 4. The van der Waals surface area contributed by atoms with Crippen molar-refractivity contribution < 1.29 is 29.2 Å². The lowest BCUT2D eigenvalue weighted by Crippen LogP contribution is -2.45. The molecule has 0 aliphatic carbocycles. The molecule has 3 N–H and O–H groups in total. The third-order valence-electron chi connectivity index (χ3n) is 4.84. The van der Waals surface area contributed by atoms with Crippen molar-refractivity contribution in [3.63, 3.8) is 0 Å². The third kappa shape index (κ3) is 12.5. The maximum Gasteiger partial charge on any atom is 0.192 e. The van der Waals surface area contributed by atoms with Gasteiger partial charge in [-0.05, 0) is 18.1 Å². The van der Waals surface area contributed by atoms with Gasteiger partial charge in [-0.2, -0.15) is 0 Å². The first kappa shape index (κ1) is 31.2. The summed E-state index contributed by atoms with van der Waals surface area (Å²) in [4.78, 5) is 0. The largest absolute Gasteiger partial charge is 0.414 e. The quantitative estimate of drug-likeness (QED) is 0.327. The predicted octanol–water partition coefficient (Wildman–Crippen LogP) is 3.68. The van der Waals surface area contributed by atoms with Gasteiger partial charge in [0.25, 0.3) is 0 Å². The van der Waals surface area contributed by atoms with Gasteiger partial charge < -0.3 is 29.2 Å². The van der Waals surface area contributed by atoms with Crippen molar-refractivity contribution in [2.24, 2.45) is 0 Å². The lowest BCUT2D eigenvalue weighted by atomic mass is 10.2. The molecule has 0 aromatic rings. The number of ether oxygens (including phenoxy) is 2. The van der Waals surface area contributed by atoms with E-state index in [1.54, 1.807) is 18.2 Å². The van der Waals surface area contributed by atoms with Gasteiger partial charge in [-0.1, -0.05) is 52.5 Å². The van der Waals surface area contributed by atoms with Gasteiger partial charge in [-0.25, -0.2) is 0 Å². The zero-order chi connectivity index (χ0) is 21.8. The summed E-state index contributed by atoms with van der Waals surface area (Å²) in [7, 11) is -1.73. The molecule has 0 fully saturated rings. The van der Waals surface area contributed by atoms with E-state index in [4.69, 9.17) is 47.3 Å². The van der Waals surface area contributed by atoms with Crippen LogP contribution in [0.25, 0.3) is 0 Å². The molecule has 174 valence electrons. The molecule has 0 unspecified atom stereocenters. The molecule has 0 aromatic carbocycles. The fraction of sp³-hybridized carbons (Fsp3) is 0.800. The van der Waals surface area contributed by atoms with Crippen LogP contribution >= 0.6 is 23.2 Å². The molecule has 2 heterocycles. The second-order valence-corrected chi connectivity index (χ2v) is 13.6. The van der Waals surface area contributed by atoms with E-state index >= 15 is 0 Å². The molecule has 0 radical (unpaired) electrons. The maximum absolute atomic E-state index is 9.69. The first-order valence-corrected chi connectivity index (χ1v) is 13.3. The van der Waals surface area contributed by atoms with Crippen LogP contribution in [0, 0.1) is 0 Å². The van der Waals surface area contributed by atoms with Gasteiger partial charge in [0.05, 0.1) is 31.8 Å². The van der Waals surface area contributed by atoms with Gasteiger partial charge in [0.15, 0.2) is 8.32 Å². The zero-order valence-electron chi connectivity index (χ0n) is 17.5. The SMILES string of the molecule is C.CC(C)(C)[Si](C)(C)OC[C@@H]1OCC=C[C@H]1O.ClCCl.OC[C@@H]1OCC=C[C@H]1O. The molecule has 6 nitrogen and oxygen atoms in total. The molecule has 0 saturated heterocycles. The summed E-state index contributed by atoms with van der Waals surface area (Å²) in [5.74, 6) is 0. The average Bonchev–Trinajstić information content (AvgIpc) is 2.62. The number of hydrogen-bond acceptors (Lipinski definition) is 6. The Morgan fingerprint density at radius 3 is 1.72 bits per heavy atom. The molecular formula is C20H40Cl2O6Si. The molecule has 0 amide bonds. The Kier molecular flexibility index (Phi) is 17.0. The monoisotopic (exact) mass is 474 g/mol. The fourth-order valence-electron chi connectivity index (χ4n) is 2.01. The highest BCUT2D eigenvalue weighted by molar-refractivity contribution is 6.74. The van der Waals surface area contributed by atoms with Crippen LogP contribution in [0.4, 0.5) is 0 Å². The van der Waals surface area contributed by atoms with Crippen molar-refractivity contribution in [3.8, 4) is 0 Å². The van der Waals surface area contributed by atoms with Crippen molar-refractivity contribution in [1.82, 2.24) is 0 Å². The molecular weight excluding hydrogens is 435 g/mol. The van der Waals surface area contributed by atoms with Crippen LogP contribution < -0.4 is 0 Å². The number of halogens is 2. The summed E-state index contributed by atoms with van der Waals surface area (Å²) >= 11 is 9.53. The minimum Gasteiger partial charge on any atom is -0.414 e. The first-order chi connectivity index (χ1) is 13.0. The summed E-state index contributed by atoms with van der Waals surface area (Å²) in [5.41, 5.74) is 0. The van der Waals surface area contributed by atoms with E-state index in [1.807, 2.05) is 6.08 Å². The van der Waals surface area contributed by atoms with E-state index in [9.17, 15) is 5.11 Å². The Labute approximate surface area is 187 Å². The maximum atomic E-state index is 9.69. The van der Waals surface area contributed by atoms with Gasteiger partial charge in [0, 0.05) is 0 Å². The normalized spacial score (nSPS) is 26.4. The second-order valence-electron chi connectivity index (χ2n) is 7.94. The van der Waals surface area contributed by atoms with Gasteiger partial charge in [-0.3, -0.25) is 0 Å². The minimum absolute atomic E-state index is 0. The lowest BCUT2D eigenvalue weighted by Gasteiger charge is -2.38. The molecule has 0 aromatic heterocycles. The van der Waals surface area contributed by atoms with Crippen LogP contribution in [0.3, 0.4) is 0 Å². The first-order valence-electron chi connectivity index (χ1n) is 9.29. The molecule has 2 aliphatic rings. The molecule has 0 spiro atoms. The van der Waals surface area contributed by atoms with Gasteiger partial charge in [0.2, 0.25) is 0 Å². The summed E-state index contributed by atoms with van der Waals surface area (Å²) in [6.45, 7) is 12.5. The fourth-order valence-corrected chi connectivity index (χ4v) is 3.02. The number of hydrogen-bond donors (Lipinski definition) is 3. The zero-order valence-corrected chi connectivity index (χ0v) is 20.0. The Morgan fingerprint density at radius 2 is 1.41 bits per heavy atom. The van der Waals surface area contributed by atoms with E-state index in [-0.39, 0.29) is 30.5 Å². The van der Waals surface area contributed by atoms with Crippen molar-refractivity contribution in [2.45, 2.75) is 70.7 Å². The van der Waals surface area contributed by atoms with Crippen molar-refractivity contribution in [2.75, 3.05) is 31.8 Å². The number of alkyl halides is 2. The molecule has 0 bridgehead atoms. The van der Waals surface area contributed by atoms with E-state index < -0.39 is 26.6 Å². The highest BCUT2D eigenvalue weighted by Gasteiger charge is 2.38. The van der Waals surface area contributed by atoms with Crippen molar-refractivity contribution >= 4 is 31.5 Å². The van der Waals surface area contributed by atoms with Crippen LogP contribution in [0.5, 0.6) is 0 Å². The summed E-state index contributed by atoms with van der Waals surface area (Å²) < 4.78 is 16.4. The second kappa shape index (κ2) is 15.8. The molecule has 2 aliphatic heterocycles. The third-order valence-corrected chi connectivity index (χ3v) is 9.34. The van der Waals surface area contributed by atoms with E-state index in [0.717, 1.165) is 0 Å². The minimum atomic E-state index is -1.73. The number of aliphatic hydroxyl groups excluding tert-OH is 3. The van der Waals surface area contributed by atoms with Crippen LogP contribution in [0.2, 0.25) is 18.1 Å². The highest BCUT2D eigenvalue weighted by atomic mass is 35.5. The Hall–Kier alpha value is 0.0369. The average molecular weight is 476 g/mol. The van der Waals surface area contributed by atoms with Crippen LogP contribution in [-0.4, -0.2) is 79.8 Å². The van der Waals surface area contributed by atoms with E-state index in [2.05, 4.69) is 33.9 Å². The van der Waals surface area contributed by atoms with Crippen molar-refractivity contribution in [1.29, 1.82) is 0 Å². The van der Waals surface area contributed by atoms with Crippen LogP contribution in [-0.2, 0) is 13.9 Å². The molecule has 4 atom stereocenters.